The molecule has 2 heterocycles. The van der Waals surface area contributed by atoms with E-state index in [0.29, 0.717) is 29.6 Å². The van der Waals surface area contributed by atoms with Crippen LogP contribution in [-0.4, -0.2) is 58.2 Å². The van der Waals surface area contributed by atoms with Crippen molar-refractivity contribution in [3.63, 3.8) is 0 Å². The summed E-state index contributed by atoms with van der Waals surface area (Å²) in [6, 6.07) is 0. The maximum atomic E-state index is 12.7. The molecule has 59 heavy (non-hydrogen) atoms. The summed E-state index contributed by atoms with van der Waals surface area (Å²) < 4.78 is 21.7. The molecule has 9 aliphatic rings. The van der Waals surface area contributed by atoms with Crippen molar-refractivity contribution in [1.29, 1.82) is 0 Å². The first kappa shape index (κ1) is 47.1. The number of carboxylic acid groups (broad SMARTS) is 1. The molecule has 0 radical (unpaired) electrons. The standard InChI is InChI=1S/C18H28O4.C14H24O2.C10H16O2.C6H8O3/c1-6-17(4,5)16(20)22-18(10(2)3)11-7-8-12-13(9-11)15(19)21-14(12)18;1-8-9(2)11-6-10(8)7-12(11)13(15)16-14(3,4)5;1-5-6(2)8-3-7(5)4-9(8)10(11)12;1-3-4(2)6(8)9-5(3)7/h10-14H,6-9H2,1-5H3;8-12H,6-7H2,1-5H3;5-9H,3-4H2,1-2H3,(H,11,12);3-4H,1-2H3. The van der Waals surface area contributed by atoms with Gasteiger partial charge in [-0.25, -0.2) is 0 Å². The first-order valence-electron chi connectivity index (χ1n) is 22.9. The highest BCUT2D eigenvalue weighted by atomic mass is 16.6. The molecule has 9 fully saturated rings. The van der Waals surface area contributed by atoms with Crippen LogP contribution in [0.1, 0.15) is 148 Å². The van der Waals surface area contributed by atoms with E-state index in [1.165, 1.54) is 12.8 Å². The monoisotopic (exact) mass is 829 g/mol. The lowest BCUT2D eigenvalue weighted by molar-refractivity contribution is -0.230. The fourth-order valence-corrected chi connectivity index (χ4v) is 12.2. The number of ether oxygens (including phenoxy) is 4. The number of hydrogen-bond donors (Lipinski definition) is 1. The maximum Gasteiger partial charge on any atom is 0.317 e. The number of fused-ring (bicyclic) bond motifs is 5. The molecule has 2 saturated heterocycles. The van der Waals surface area contributed by atoms with Gasteiger partial charge in [-0.1, -0.05) is 62.3 Å². The van der Waals surface area contributed by atoms with Gasteiger partial charge in [-0.2, -0.15) is 0 Å². The van der Waals surface area contributed by atoms with Gasteiger partial charge in [0.25, 0.3) is 0 Å². The van der Waals surface area contributed by atoms with Gasteiger partial charge in [-0.15, -0.1) is 0 Å². The molecule has 7 aliphatic carbocycles. The third kappa shape index (κ3) is 9.01. The molecular weight excluding hydrogens is 753 g/mol. The van der Waals surface area contributed by atoms with Gasteiger partial charge in [0, 0.05) is 11.8 Å². The minimum Gasteiger partial charge on any atom is -0.481 e. The first-order valence-corrected chi connectivity index (χ1v) is 22.9. The zero-order valence-corrected chi connectivity index (χ0v) is 38.5. The summed E-state index contributed by atoms with van der Waals surface area (Å²) in [7, 11) is 0. The lowest BCUT2D eigenvalue weighted by atomic mass is 9.54. The zero-order valence-electron chi connectivity index (χ0n) is 38.5. The molecule has 1 N–H and O–H groups in total. The Morgan fingerprint density at radius 1 is 0.729 bits per heavy atom. The van der Waals surface area contributed by atoms with Gasteiger partial charge in [0.1, 0.15) is 11.7 Å². The van der Waals surface area contributed by atoms with Gasteiger partial charge in [0.15, 0.2) is 5.60 Å². The van der Waals surface area contributed by atoms with E-state index in [1.807, 2.05) is 41.5 Å². The molecule has 9 rings (SSSR count). The predicted octanol–water partition coefficient (Wildman–Crippen LogP) is 8.93. The number of rotatable bonds is 6. The zero-order chi connectivity index (χ0) is 44.3. The first-order chi connectivity index (χ1) is 27.3. The molecule has 11 heteroatoms. The van der Waals surface area contributed by atoms with E-state index in [9.17, 15) is 28.8 Å². The number of cyclic esters (lactones) is 2. The van der Waals surface area contributed by atoms with Crippen molar-refractivity contribution < 1.29 is 52.8 Å². The van der Waals surface area contributed by atoms with Crippen LogP contribution in [0.3, 0.4) is 0 Å². The third-order valence-electron chi connectivity index (χ3n) is 17.0. The van der Waals surface area contributed by atoms with E-state index in [1.54, 1.807) is 13.8 Å². The molecule has 0 aromatic heterocycles. The SMILES string of the molecule is CC1C(=O)OC(=O)C1C.CC1C2CC(C(=O)O)C(C2)C1C.CC1C2CC(C(=O)OC(C)(C)C)C(C2)C1C.CCC(C)(C)C(=O)OC1(C(C)C)C2CCC3C(C2)C(=O)OC31. The predicted molar refractivity (Wildman–Crippen MR) is 221 cm³/mol. The van der Waals surface area contributed by atoms with Gasteiger partial charge >= 0.3 is 35.8 Å². The summed E-state index contributed by atoms with van der Waals surface area (Å²) in [5, 5.41) is 8.94. The Morgan fingerprint density at radius 3 is 1.64 bits per heavy atom. The normalized spacial score (nSPS) is 42.2. The highest BCUT2D eigenvalue weighted by Crippen LogP contribution is 2.60. The molecular formula is C48H76O11. The van der Waals surface area contributed by atoms with E-state index < -0.39 is 28.9 Å². The van der Waals surface area contributed by atoms with Crippen LogP contribution >= 0.6 is 0 Å². The van der Waals surface area contributed by atoms with Gasteiger partial charge < -0.3 is 24.1 Å². The molecule has 0 aromatic rings. The summed E-state index contributed by atoms with van der Waals surface area (Å²) in [4.78, 5) is 68.9. The third-order valence-corrected chi connectivity index (χ3v) is 17.0. The van der Waals surface area contributed by atoms with E-state index in [4.69, 9.17) is 19.3 Å². The summed E-state index contributed by atoms with van der Waals surface area (Å²) >= 11 is 0. The lowest BCUT2D eigenvalue weighted by Gasteiger charge is -2.55. The highest BCUT2D eigenvalue weighted by molar-refractivity contribution is 5.95. The molecule has 0 amide bonds. The molecule has 2 aliphatic heterocycles. The van der Waals surface area contributed by atoms with Gasteiger partial charge in [-0.05, 0) is 139 Å². The molecule has 0 spiro atoms. The Morgan fingerprint density at radius 2 is 1.24 bits per heavy atom. The largest absolute Gasteiger partial charge is 0.481 e. The van der Waals surface area contributed by atoms with Crippen molar-refractivity contribution in [1.82, 2.24) is 0 Å². The molecule has 11 nitrogen and oxygen atoms in total. The quantitative estimate of drug-likeness (QED) is 0.155. The van der Waals surface area contributed by atoms with Crippen molar-refractivity contribution in [2.45, 2.75) is 166 Å². The van der Waals surface area contributed by atoms with Gasteiger partial charge in [-0.3, -0.25) is 28.8 Å². The fraction of sp³-hybridized carbons (Fsp3) is 0.875. The average molecular weight is 829 g/mol. The Labute approximate surface area is 353 Å². The minimum atomic E-state index is -0.630. The molecule has 0 aromatic carbocycles. The molecule has 7 saturated carbocycles. The van der Waals surface area contributed by atoms with Crippen LogP contribution in [0.15, 0.2) is 0 Å². The average Bonchev–Trinajstić information content (AvgIpc) is 4.00. The number of hydrogen-bond acceptors (Lipinski definition) is 10. The van der Waals surface area contributed by atoms with Crippen LogP contribution in [0, 0.1) is 100 Å². The fourth-order valence-electron chi connectivity index (χ4n) is 12.2. The minimum absolute atomic E-state index is 0.0267. The number of esters is 5. The Kier molecular flexibility index (Phi) is 13.9. The Hall–Kier alpha value is -2.98. The van der Waals surface area contributed by atoms with Crippen molar-refractivity contribution in [3.05, 3.63) is 0 Å². The maximum absolute atomic E-state index is 12.7. The van der Waals surface area contributed by atoms with Crippen LogP contribution in [0.2, 0.25) is 0 Å². The van der Waals surface area contributed by atoms with Gasteiger partial charge in [0.2, 0.25) is 0 Å². The van der Waals surface area contributed by atoms with E-state index in [0.717, 1.165) is 56.3 Å². The summed E-state index contributed by atoms with van der Waals surface area (Å²) in [6.45, 7) is 28.4. The molecule has 17 atom stereocenters. The van der Waals surface area contributed by atoms with Crippen molar-refractivity contribution in [2.24, 2.45) is 100 Å². The molecule has 8 bridgehead atoms. The van der Waals surface area contributed by atoms with E-state index in [-0.39, 0.29) is 77.0 Å². The summed E-state index contributed by atoms with van der Waals surface area (Å²) in [5.74, 6) is 4.14. The smallest absolute Gasteiger partial charge is 0.317 e. The number of aliphatic carboxylic acids is 1. The molecule has 17 unspecified atom stereocenters. The van der Waals surface area contributed by atoms with Crippen LogP contribution in [0.25, 0.3) is 0 Å². The summed E-state index contributed by atoms with van der Waals surface area (Å²) in [5.41, 5.74) is -1.47. The van der Waals surface area contributed by atoms with Crippen LogP contribution in [-0.2, 0) is 47.7 Å². The van der Waals surface area contributed by atoms with Crippen LogP contribution in [0.5, 0.6) is 0 Å². The summed E-state index contributed by atoms with van der Waals surface area (Å²) in [6.07, 6.45) is 7.77. The second-order valence-electron chi connectivity index (χ2n) is 21.9. The van der Waals surface area contributed by atoms with E-state index in [2.05, 4.69) is 46.3 Å². The van der Waals surface area contributed by atoms with Crippen molar-refractivity contribution in [2.75, 3.05) is 0 Å². The second-order valence-corrected chi connectivity index (χ2v) is 21.9. The van der Waals surface area contributed by atoms with Crippen LogP contribution < -0.4 is 0 Å². The second kappa shape index (κ2) is 17.4. The van der Waals surface area contributed by atoms with Crippen molar-refractivity contribution in [3.8, 4) is 0 Å². The van der Waals surface area contributed by atoms with Crippen LogP contribution in [0.4, 0.5) is 0 Å². The molecule has 334 valence electrons. The Bertz CT molecular complexity index is 1590. The van der Waals surface area contributed by atoms with Crippen molar-refractivity contribution >= 4 is 35.8 Å². The van der Waals surface area contributed by atoms with Gasteiger partial charge in [0.05, 0.1) is 35.0 Å². The number of carbonyl (C=O) groups is 6. The Balaban J connectivity index is 0.000000158. The number of carbonyl (C=O) groups excluding carboxylic acids is 5. The lowest BCUT2D eigenvalue weighted by Crippen LogP contribution is -2.64. The van der Waals surface area contributed by atoms with E-state index >= 15 is 0 Å². The highest BCUT2D eigenvalue weighted by Gasteiger charge is 2.68. The topological polar surface area (TPSA) is 160 Å². The number of carboxylic acids is 1.